The molecule has 0 saturated heterocycles. The number of hydrogen-bond acceptors (Lipinski definition) is 6. The maximum Gasteiger partial charge on any atom is 0.345 e. The molecule has 3 unspecified atom stereocenters. The van der Waals surface area contributed by atoms with E-state index in [0.717, 1.165) is 42.3 Å². The van der Waals surface area contributed by atoms with Crippen LogP contribution in [0.25, 0.3) is 33.4 Å². The zero-order chi connectivity index (χ0) is 34.1. The molecule has 6 aromatic rings. The van der Waals surface area contributed by atoms with Crippen LogP contribution < -0.4 is 40.1 Å². The van der Waals surface area contributed by atoms with Gasteiger partial charge in [-0.15, -0.1) is 0 Å². The second kappa shape index (κ2) is 14.1. The lowest BCUT2D eigenvalue weighted by Gasteiger charge is -2.35. The number of rotatable bonds is 6. The highest BCUT2D eigenvalue weighted by Crippen LogP contribution is 2.51. The van der Waals surface area contributed by atoms with Crippen molar-refractivity contribution in [2.45, 2.75) is 6.92 Å². The zero-order valence-corrected chi connectivity index (χ0v) is 30.2. The van der Waals surface area contributed by atoms with Crippen LogP contribution in [0, 0.1) is 0 Å². The van der Waals surface area contributed by atoms with E-state index in [2.05, 4.69) is 108 Å². The van der Waals surface area contributed by atoms with Crippen molar-refractivity contribution in [1.29, 1.82) is 0 Å². The first-order chi connectivity index (χ1) is 24.5. The van der Waals surface area contributed by atoms with E-state index in [1.807, 2.05) is 42.5 Å². The normalized spacial score (nSPS) is 18.9. The minimum atomic E-state index is -3.21. The lowest BCUT2D eigenvalue weighted by atomic mass is 10.0. The number of nitrogens with two attached hydrogens (primary N) is 1. The monoisotopic (exact) mass is 715 g/mol. The standard InChI is InChI=1S/C28H26N2O2P2.C12H10NO2P/c1-2-30(34-28-18-10-6-14-24(28)22-12-4-8-16-26(22)32-34)20-19-29-33-27-17-9-5-13-23(27)21-11-3-7-15-25(21)31-33;13-16(14)12-8-4-2-6-10(12)9-5-1-3-7-11(9)15-16/h3-18,29H,2,19-20H2,1H3;1-8H,(H2,13,14). The Kier molecular flexibility index (Phi) is 9.29. The van der Waals surface area contributed by atoms with Gasteiger partial charge in [0, 0.05) is 52.5 Å². The number of fused-ring (bicyclic) bond motifs is 9. The molecule has 3 aliphatic rings. The van der Waals surface area contributed by atoms with Gasteiger partial charge in [-0.1, -0.05) is 116 Å². The molecule has 7 nitrogen and oxygen atoms in total. The highest BCUT2D eigenvalue weighted by atomic mass is 31.2. The predicted molar refractivity (Wildman–Crippen MR) is 207 cm³/mol. The molecule has 0 fully saturated rings. The SMILES string of the molecule is CCN(CCNP1Oc2ccccc2-c2ccccc21)P1Oc2ccccc2-c2ccccc21.NP1(=O)Oc2ccccc2-c2ccccc21. The summed E-state index contributed by atoms with van der Waals surface area (Å²) in [5.74, 6) is 2.52. The molecule has 3 atom stereocenters. The summed E-state index contributed by atoms with van der Waals surface area (Å²) in [5.41, 5.74) is 12.5. The maximum atomic E-state index is 12.2. The minimum Gasteiger partial charge on any atom is -0.453 e. The van der Waals surface area contributed by atoms with Gasteiger partial charge in [-0.3, -0.25) is 9.65 Å². The average molecular weight is 716 g/mol. The van der Waals surface area contributed by atoms with E-state index in [1.165, 1.54) is 32.9 Å². The molecule has 50 heavy (non-hydrogen) atoms. The molecule has 0 bridgehead atoms. The number of para-hydroxylation sites is 3. The van der Waals surface area contributed by atoms with E-state index in [9.17, 15) is 4.57 Å². The highest BCUT2D eigenvalue weighted by Gasteiger charge is 2.33. The Morgan fingerprint density at radius 1 is 0.600 bits per heavy atom. The summed E-state index contributed by atoms with van der Waals surface area (Å²) in [5, 5.41) is 6.85. The Labute approximate surface area is 295 Å². The van der Waals surface area contributed by atoms with Crippen molar-refractivity contribution in [3.8, 4) is 50.6 Å². The Morgan fingerprint density at radius 3 is 1.74 bits per heavy atom. The van der Waals surface area contributed by atoms with Crippen molar-refractivity contribution in [1.82, 2.24) is 9.76 Å². The molecule has 0 aliphatic carbocycles. The Hall–Kier alpha value is -4.31. The fourth-order valence-corrected chi connectivity index (χ4v) is 11.5. The lowest BCUT2D eigenvalue weighted by molar-refractivity contribution is 0.436. The highest BCUT2D eigenvalue weighted by molar-refractivity contribution is 7.65. The molecule has 6 aromatic carbocycles. The number of nitrogens with zero attached hydrogens (tertiary/aromatic N) is 1. The summed E-state index contributed by atoms with van der Waals surface area (Å²) < 4.78 is 33.0. The third-order valence-electron chi connectivity index (χ3n) is 8.86. The lowest BCUT2D eigenvalue weighted by Crippen LogP contribution is -2.34. The molecule has 0 saturated carbocycles. The zero-order valence-electron chi connectivity index (χ0n) is 27.5. The third-order valence-corrected chi connectivity index (χ3v) is 14.3. The third kappa shape index (κ3) is 6.27. The van der Waals surface area contributed by atoms with E-state index in [1.54, 1.807) is 12.1 Å². The van der Waals surface area contributed by atoms with E-state index in [0.29, 0.717) is 11.1 Å². The van der Waals surface area contributed by atoms with Crippen LogP contribution in [0.4, 0.5) is 0 Å². The fourth-order valence-electron chi connectivity index (χ4n) is 6.50. The largest absolute Gasteiger partial charge is 0.453 e. The Balaban J connectivity index is 0.000000188. The predicted octanol–water partition coefficient (Wildman–Crippen LogP) is 8.81. The second-order valence-electron chi connectivity index (χ2n) is 11.9. The molecule has 3 N–H and O–H groups in total. The molecular weight excluding hydrogens is 679 g/mol. The van der Waals surface area contributed by atoms with Crippen LogP contribution in [0.1, 0.15) is 6.92 Å². The number of benzene rings is 6. The van der Waals surface area contributed by atoms with Crippen LogP contribution in [0.5, 0.6) is 17.2 Å². The first-order valence-electron chi connectivity index (χ1n) is 16.6. The van der Waals surface area contributed by atoms with Crippen molar-refractivity contribution >= 4 is 40.0 Å². The maximum absolute atomic E-state index is 12.2. The number of nitrogens with one attached hydrogen (secondary N) is 1. The molecule has 3 heterocycles. The molecule has 0 aromatic heterocycles. The molecule has 10 heteroatoms. The Bertz CT molecular complexity index is 2230. The van der Waals surface area contributed by atoms with Crippen LogP contribution in [-0.4, -0.2) is 24.3 Å². The first kappa shape index (κ1) is 32.9. The van der Waals surface area contributed by atoms with E-state index in [4.69, 9.17) is 19.1 Å². The Morgan fingerprint density at radius 2 is 1.08 bits per heavy atom. The minimum absolute atomic E-state index is 0.590. The summed E-state index contributed by atoms with van der Waals surface area (Å²) in [6.07, 6.45) is 0. The first-order valence-corrected chi connectivity index (χ1v) is 20.8. The van der Waals surface area contributed by atoms with Crippen molar-refractivity contribution in [2.24, 2.45) is 5.50 Å². The van der Waals surface area contributed by atoms with Crippen LogP contribution >= 0.6 is 24.1 Å². The van der Waals surface area contributed by atoms with Gasteiger partial charge in [-0.25, -0.2) is 10.2 Å². The molecule has 0 radical (unpaired) electrons. The van der Waals surface area contributed by atoms with Gasteiger partial charge in [0.1, 0.15) is 17.2 Å². The average Bonchev–Trinajstić information content (AvgIpc) is 3.16. The van der Waals surface area contributed by atoms with Crippen LogP contribution in [0.15, 0.2) is 146 Å². The summed E-state index contributed by atoms with van der Waals surface area (Å²) in [6.45, 7) is 4.83. The van der Waals surface area contributed by atoms with Gasteiger partial charge in [0.15, 0.2) is 16.6 Å². The van der Waals surface area contributed by atoms with Gasteiger partial charge in [-0.2, -0.15) is 0 Å². The van der Waals surface area contributed by atoms with Gasteiger partial charge < -0.3 is 13.6 Å². The van der Waals surface area contributed by atoms with Crippen molar-refractivity contribution in [3.05, 3.63) is 146 Å². The van der Waals surface area contributed by atoms with E-state index < -0.39 is 24.1 Å². The van der Waals surface area contributed by atoms with Crippen molar-refractivity contribution < 1.29 is 18.1 Å². The summed E-state index contributed by atoms with van der Waals surface area (Å²) in [4.78, 5) is 0. The topological polar surface area (TPSA) is 86.0 Å². The van der Waals surface area contributed by atoms with Gasteiger partial charge in [0.25, 0.3) is 0 Å². The molecule has 250 valence electrons. The number of hydrogen-bond donors (Lipinski definition) is 2. The molecule has 0 spiro atoms. The van der Waals surface area contributed by atoms with Crippen LogP contribution in [0.3, 0.4) is 0 Å². The summed E-state index contributed by atoms with van der Waals surface area (Å²) in [6, 6.07) is 48.8. The van der Waals surface area contributed by atoms with Gasteiger partial charge in [-0.05, 0) is 47.5 Å². The van der Waals surface area contributed by atoms with Gasteiger partial charge in [0.05, 0.1) is 5.30 Å². The van der Waals surface area contributed by atoms with Crippen LogP contribution in [-0.2, 0) is 4.57 Å². The van der Waals surface area contributed by atoms with E-state index >= 15 is 0 Å². The van der Waals surface area contributed by atoms with E-state index in [-0.39, 0.29) is 0 Å². The van der Waals surface area contributed by atoms with Crippen LogP contribution in [0.2, 0.25) is 0 Å². The van der Waals surface area contributed by atoms with Gasteiger partial charge >= 0.3 is 7.52 Å². The molecule has 3 aliphatic heterocycles. The number of likely N-dealkylation sites (N-methyl/N-ethyl adjacent to an activating group) is 1. The second-order valence-corrected chi connectivity index (χ2v) is 17.1. The summed E-state index contributed by atoms with van der Waals surface area (Å²) >= 11 is 0. The summed E-state index contributed by atoms with van der Waals surface area (Å²) in [7, 11) is -5.04. The molecule has 9 rings (SSSR count). The van der Waals surface area contributed by atoms with Crippen molar-refractivity contribution in [3.63, 3.8) is 0 Å². The quantitative estimate of drug-likeness (QED) is 0.167. The smallest absolute Gasteiger partial charge is 0.345 e. The van der Waals surface area contributed by atoms with Crippen molar-refractivity contribution in [2.75, 3.05) is 19.6 Å². The fraction of sp³-hybridized carbons (Fsp3) is 0.100. The van der Waals surface area contributed by atoms with Gasteiger partial charge in [0.2, 0.25) is 0 Å². The molecule has 0 amide bonds. The molecular formula is C40H36N3O4P3.